The van der Waals surface area contributed by atoms with Crippen LogP contribution in [0.3, 0.4) is 0 Å². The van der Waals surface area contributed by atoms with Gasteiger partial charge in [0.25, 0.3) is 0 Å². The van der Waals surface area contributed by atoms with Crippen LogP contribution in [0.4, 0.5) is 4.79 Å². The van der Waals surface area contributed by atoms with Gasteiger partial charge in [-0.1, -0.05) is 26.2 Å². The molecule has 3 heteroatoms. The fourth-order valence-corrected chi connectivity index (χ4v) is 2.48. The summed E-state index contributed by atoms with van der Waals surface area (Å²) in [5.41, 5.74) is -0.383. The molecule has 1 fully saturated rings. The number of hydrogen-bond donors (Lipinski definition) is 0. The van der Waals surface area contributed by atoms with Crippen molar-refractivity contribution < 1.29 is 9.53 Å². The van der Waals surface area contributed by atoms with E-state index >= 15 is 0 Å². The Labute approximate surface area is 112 Å². The summed E-state index contributed by atoms with van der Waals surface area (Å²) in [7, 11) is 0. The molecule has 0 N–H and O–H groups in total. The van der Waals surface area contributed by atoms with E-state index in [4.69, 9.17) is 4.74 Å². The second-order valence-corrected chi connectivity index (χ2v) is 6.43. The molecule has 0 aliphatic carbocycles. The molecule has 1 amide bonds. The minimum Gasteiger partial charge on any atom is -0.444 e. The third-order valence-corrected chi connectivity index (χ3v) is 3.39. The Bertz CT molecular complexity index is 258. The average molecular weight is 255 g/mol. The Balaban J connectivity index is 2.36. The number of carbonyl (C=O) groups excluding carboxylic acids is 1. The van der Waals surface area contributed by atoms with Crippen LogP contribution in [0.2, 0.25) is 0 Å². The highest BCUT2D eigenvalue weighted by molar-refractivity contribution is 5.68. The Morgan fingerprint density at radius 3 is 2.67 bits per heavy atom. The molecule has 3 nitrogen and oxygen atoms in total. The maximum absolute atomic E-state index is 12.0. The van der Waals surface area contributed by atoms with E-state index in [1.165, 1.54) is 32.1 Å². The standard InChI is InChI=1S/C15H29NO2/c1-5-6-7-9-13-10-8-11-16(12-13)14(17)18-15(2,3)4/h13H,5-12H2,1-4H3. The largest absolute Gasteiger partial charge is 0.444 e. The van der Waals surface area contributed by atoms with Gasteiger partial charge >= 0.3 is 6.09 Å². The van der Waals surface area contributed by atoms with Crippen molar-refractivity contribution in [1.82, 2.24) is 4.90 Å². The SMILES string of the molecule is CCCCCC1CCCN(C(=O)OC(C)(C)C)C1. The number of ether oxygens (including phenoxy) is 1. The first-order valence-corrected chi connectivity index (χ1v) is 7.40. The highest BCUT2D eigenvalue weighted by Gasteiger charge is 2.27. The second-order valence-electron chi connectivity index (χ2n) is 6.43. The van der Waals surface area contributed by atoms with Crippen molar-refractivity contribution in [3.05, 3.63) is 0 Å². The first-order chi connectivity index (χ1) is 8.42. The number of carbonyl (C=O) groups is 1. The third-order valence-electron chi connectivity index (χ3n) is 3.39. The summed E-state index contributed by atoms with van der Waals surface area (Å²) in [6, 6.07) is 0. The van der Waals surface area contributed by atoms with Gasteiger partial charge in [-0.25, -0.2) is 4.79 Å². The highest BCUT2D eigenvalue weighted by Crippen LogP contribution is 2.23. The lowest BCUT2D eigenvalue weighted by atomic mass is 9.93. The molecule has 1 heterocycles. The number of unbranched alkanes of at least 4 members (excludes halogenated alkanes) is 2. The first kappa shape index (κ1) is 15.3. The molecule has 0 bridgehead atoms. The van der Waals surface area contributed by atoms with E-state index in [-0.39, 0.29) is 11.7 Å². The van der Waals surface area contributed by atoms with Gasteiger partial charge in [0.05, 0.1) is 0 Å². The maximum Gasteiger partial charge on any atom is 0.410 e. The van der Waals surface area contributed by atoms with E-state index in [9.17, 15) is 4.79 Å². The number of rotatable bonds is 4. The smallest absolute Gasteiger partial charge is 0.410 e. The van der Waals surface area contributed by atoms with Crippen molar-refractivity contribution in [1.29, 1.82) is 0 Å². The van der Waals surface area contributed by atoms with E-state index in [1.807, 2.05) is 25.7 Å². The molecule has 1 saturated heterocycles. The van der Waals surface area contributed by atoms with Crippen LogP contribution in [0.5, 0.6) is 0 Å². The van der Waals surface area contributed by atoms with Crippen LogP contribution in [0.25, 0.3) is 0 Å². The number of nitrogens with zero attached hydrogens (tertiary/aromatic N) is 1. The summed E-state index contributed by atoms with van der Waals surface area (Å²) in [5, 5.41) is 0. The van der Waals surface area contributed by atoms with Gasteiger partial charge in [-0.15, -0.1) is 0 Å². The van der Waals surface area contributed by atoms with Gasteiger partial charge in [0.15, 0.2) is 0 Å². The molecule has 1 rings (SSSR count). The number of hydrogen-bond acceptors (Lipinski definition) is 2. The molecule has 0 aromatic carbocycles. The first-order valence-electron chi connectivity index (χ1n) is 7.40. The fraction of sp³-hybridized carbons (Fsp3) is 0.933. The minimum absolute atomic E-state index is 0.136. The predicted octanol–water partition coefficient (Wildman–Crippen LogP) is 4.21. The topological polar surface area (TPSA) is 29.5 Å². The zero-order valence-electron chi connectivity index (χ0n) is 12.5. The summed E-state index contributed by atoms with van der Waals surface area (Å²) in [4.78, 5) is 13.9. The second kappa shape index (κ2) is 7.01. The lowest BCUT2D eigenvalue weighted by Crippen LogP contribution is -2.42. The summed E-state index contributed by atoms with van der Waals surface area (Å²) in [6.07, 6.45) is 7.38. The minimum atomic E-state index is -0.383. The van der Waals surface area contributed by atoms with Crippen LogP contribution in [0, 0.1) is 5.92 Å². The van der Waals surface area contributed by atoms with Gasteiger partial charge in [0.1, 0.15) is 5.60 Å². The molecule has 0 saturated carbocycles. The van der Waals surface area contributed by atoms with Gasteiger partial charge in [-0.05, 0) is 46.0 Å². The van der Waals surface area contributed by atoms with Gasteiger partial charge in [0.2, 0.25) is 0 Å². The summed E-state index contributed by atoms with van der Waals surface area (Å²) >= 11 is 0. The molecule has 106 valence electrons. The molecule has 0 aromatic rings. The molecule has 0 aromatic heterocycles. The monoisotopic (exact) mass is 255 g/mol. The van der Waals surface area contributed by atoms with Gasteiger partial charge in [0, 0.05) is 13.1 Å². The summed E-state index contributed by atoms with van der Waals surface area (Å²) < 4.78 is 5.44. The molecule has 18 heavy (non-hydrogen) atoms. The maximum atomic E-state index is 12.0. The Kier molecular flexibility index (Phi) is 5.97. The number of likely N-dealkylation sites (tertiary alicyclic amines) is 1. The Morgan fingerprint density at radius 2 is 2.06 bits per heavy atom. The van der Waals surface area contributed by atoms with Crippen molar-refractivity contribution in [2.24, 2.45) is 5.92 Å². The van der Waals surface area contributed by atoms with Crippen LogP contribution in [0.1, 0.15) is 66.2 Å². The zero-order chi connectivity index (χ0) is 13.6. The van der Waals surface area contributed by atoms with E-state index < -0.39 is 0 Å². The molecule has 1 unspecified atom stereocenters. The van der Waals surface area contributed by atoms with Crippen molar-refractivity contribution in [2.45, 2.75) is 71.8 Å². The van der Waals surface area contributed by atoms with E-state index in [2.05, 4.69) is 6.92 Å². The predicted molar refractivity (Wildman–Crippen MR) is 74.7 cm³/mol. The van der Waals surface area contributed by atoms with Crippen LogP contribution in [-0.4, -0.2) is 29.7 Å². The molecule has 1 atom stereocenters. The van der Waals surface area contributed by atoms with Crippen molar-refractivity contribution in [2.75, 3.05) is 13.1 Å². The molecule has 1 aliphatic heterocycles. The quantitative estimate of drug-likeness (QED) is 0.704. The zero-order valence-corrected chi connectivity index (χ0v) is 12.5. The fourth-order valence-electron chi connectivity index (χ4n) is 2.48. The van der Waals surface area contributed by atoms with E-state index in [0.29, 0.717) is 5.92 Å². The normalized spacial score (nSPS) is 20.9. The van der Waals surface area contributed by atoms with Crippen molar-refractivity contribution >= 4 is 6.09 Å². The van der Waals surface area contributed by atoms with Gasteiger partial charge in [-0.3, -0.25) is 0 Å². The Morgan fingerprint density at radius 1 is 1.33 bits per heavy atom. The molecular formula is C15H29NO2. The lowest BCUT2D eigenvalue weighted by molar-refractivity contribution is 0.0160. The number of amides is 1. The average Bonchev–Trinajstić information content (AvgIpc) is 2.27. The van der Waals surface area contributed by atoms with Crippen LogP contribution in [-0.2, 0) is 4.74 Å². The van der Waals surface area contributed by atoms with Crippen LogP contribution in [0.15, 0.2) is 0 Å². The molecule has 0 radical (unpaired) electrons. The van der Waals surface area contributed by atoms with Crippen molar-refractivity contribution in [3.63, 3.8) is 0 Å². The van der Waals surface area contributed by atoms with Crippen LogP contribution < -0.4 is 0 Å². The van der Waals surface area contributed by atoms with Gasteiger partial charge in [-0.2, -0.15) is 0 Å². The number of piperidine rings is 1. The van der Waals surface area contributed by atoms with Crippen molar-refractivity contribution in [3.8, 4) is 0 Å². The molecular weight excluding hydrogens is 226 g/mol. The Hall–Kier alpha value is -0.730. The summed E-state index contributed by atoms with van der Waals surface area (Å²) in [5.74, 6) is 0.679. The van der Waals surface area contributed by atoms with E-state index in [1.54, 1.807) is 0 Å². The molecule has 0 spiro atoms. The highest BCUT2D eigenvalue weighted by atomic mass is 16.6. The third kappa shape index (κ3) is 5.74. The molecule has 1 aliphatic rings. The van der Waals surface area contributed by atoms with Crippen LogP contribution >= 0.6 is 0 Å². The van der Waals surface area contributed by atoms with Gasteiger partial charge < -0.3 is 9.64 Å². The lowest BCUT2D eigenvalue weighted by Gasteiger charge is -2.34. The summed E-state index contributed by atoms with van der Waals surface area (Å²) in [6.45, 7) is 9.75. The van der Waals surface area contributed by atoms with E-state index in [0.717, 1.165) is 19.5 Å².